The van der Waals surface area contributed by atoms with Crippen molar-refractivity contribution >= 4 is 11.8 Å². The van der Waals surface area contributed by atoms with Gasteiger partial charge in [0.15, 0.2) is 11.6 Å². The van der Waals surface area contributed by atoms with Crippen molar-refractivity contribution in [2.45, 2.75) is 52.7 Å². The highest BCUT2D eigenvalue weighted by Crippen LogP contribution is 2.24. The number of rotatable bonds is 9. The number of ether oxygens (including phenoxy) is 1. The van der Waals surface area contributed by atoms with Crippen molar-refractivity contribution in [3.8, 4) is 5.75 Å². The molecule has 0 aromatic carbocycles. The van der Waals surface area contributed by atoms with E-state index in [2.05, 4.69) is 27.2 Å². The van der Waals surface area contributed by atoms with Gasteiger partial charge in [0.1, 0.15) is 6.61 Å². The summed E-state index contributed by atoms with van der Waals surface area (Å²) < 4.78 is 5.80. The fraction of sp³-hybridized carbons (Fsp3) is 0.500. The third kappa shape index (κ3) is 7.34. The van der Waals surface area contributed by atoms with Crippen LogP contribution in [0.1, 0.15) is 45.6 Å². The van der Waals surface area contributed by atoms with Gasteiger partial charge in [-0.25, -0.2) is 4.98 Å². The Hall–Kier alpha value is -2.41. The zero-order chi connectivity index (χ0) is 18.5. The van der Waals surface area contributed by atoms with Crippen LogP contribution in [0.5, 0.6) is 5.75 Å². The van der Waals surface area contributed by atoms with Gasteiger partial charge >= 0.3 is 0 Å². The SMILES string of the molecule is CC.CCCC(CCO)Nc1nc(N)ncc1OCc1ccncc1. The molecule has 138 valence electrons. The minimum atomic E-state index is 0.113. The Balaban J connectivity index is 0.00000151. The summed E-state index contributed by atoms with van der Waals surface area (Å²) in [6, 6.07) is 3.89. The molecular weight excluding hydrogens is 318 g/mol. The van der Waals surface area contributed by atoms with Crippen molar-refractivity contribution in [2.75, 3.05) is 17.7 Å². The highest BCUT2D eigenvalue weighted by Gasteiger charge is 2.13. The van der Waals surface area contributed by atoms with Gasteiger partial charge in [0.2, 0.25) is 5.95 Å². The number of hydrogen-bond donors (Lipinski definition) is 3. The van der Waals surface area contributed by atoms with Crippen LogP contribution in [0.15, 0.2) is 30.7 Å². The number of nitrogens with zero attached hydrogens (tertiary/aromatic N) is 3. The maximum absolute atomic E-state index is 9.18. The maximum atomic E-state index is 9.18. The van der Waals surface area contributed by atoms with Crippen LogP contribution in [0, 0.1) is 0 Å². The van der Waals surface area contributed by atoms with Gasteiger partial charge in [-0.1, -0.05) is 27.2 Å². The average molecular weight is 347 g/mol. The molecule has 0 aliphatic heterocycles. The summed E-state index contributed by atoms with van der Waals surface area (Å²) in [5, 5.41) is 12.5. The molecule has 2 aromatic heterocycles. The van der Waals surface area contributed by atoms with Crippen LogP contribution in [-0.2, 0) is 6.61 Å². The van der Waals surface area contributed by atoms with Gasteiger partial charge in [-0.2, -0.15) is 4.98 Å². The van der Waals surface area contributed by atoms with E-state index in [0.29, 0.717) is 24.6 Å². The number of nitrogens with one attached hydrogen (secondary N) is 1. The molecule has 0 saturated carbocycles. The van der Waals surface area contributed by atoms with Gasteiger partial charge < -0.3 is 20.9 Å². The van der Waals surface area contributed by atoms with E-state index in [4.69, 9.17) is 10.5 Å². The predicted octanol–water partition coefficient (Wildman–Crippen LogP) is 3.02. The minimum absolute atomic E-state index is 0.113. The number of anilines is 2. The summed E-state index contributed by atoms with van der Waals surface area (Å²) >= 11 is 0. The molecule has 25 heavy (non-hydrogen) atoms. The third-order valence-electron chi connectivity index (χ3n) is 3.37. The Labute approximate surface area is 149 Å². The van der Waals surface area contributed by atoms with Crippen LogP contribution in [0.2, 0.25) is 0 Å². The first-order chi connectivity index (χ1) is 12.2. The largest absolute Gasteiger partial charge is 0.483 e. The Morgan fingerprint density at radius 2 is 1.96 bits per heavy atom. The predicted molar refractivity (Wildman–Crippen MR) is 100 cm³/mol. The molecule has 7 nitrogen and oxygen atoms in total. The van der Waals surface area contributed by atoms with E-state index in [1.54, 1.807) is 18.6 Å². The fourth-order valence-corrected chi connectivity index (χ4v) is 2.22. The van der Waals surface area contributed by atoms with Gasteiger partial charge in [0, 0.05) is 25.0 Å². The standard InChI is InChI=1S/C16H23N5O2.C2H6/c1-2-3-13(6-9-22)20-15-14(10-19-16(17)21-15)23-11-12-4-7-18-8-5-12;1-2/h4-5,7-8,10,13,22H,2-3,6,9,11H2,1H3,(H3,17,19,20,21);1-2H3. The van der Waals surface area contributed by atoms with E-state index in [-0.39, 0.29) is 18.6 Å². The Morgan fingerprint density at radius 3 is 2.60 bits per heavy atom. The van der Waals surface area contributed by atoms with Gasteiger partial charge in [-0.3, -0.25) is 4.98 Å². The Kier molecular flexibility index (Phi) is 9.92. The van der Waals surface area contributed by atoms with Crippen LogP contribution < -0.4 is 15.8 Å². The lowest BCUT2D eigenvalue weighted by molar-refractivity contribution is 0.275. The molecule has 0 radical (unpaired) electrons. The van der Waals surface area contributed by atoms with Gasteiger partial charge in [0.25, 0.3) is 0 Å². The smallest absolute Gasteiger partial charge is 0.222 e. The first-order valence-corrected chi connectivity index (χ1v) is 8.74. The molecule has 2 rings (SSSR count). The zero-order valence-electron chi connectivity index (χ0n) is 15.3. The quantitative estimate of drug-likeness (QED) is 0.640. The molecule has 1 atom stereocenters. The van der Waals surface area contributed by atoms with E-state index in [0.717, 1.165) is 18.4 Å². The molecular formula is C18H29N5O2. The lowest BCUT2D eigenvalue weighted by Crippen LogP contribution is -2.22. The van der Waals surface area contributed by atoms with Crippen LogP contribution in [-0.4, -0.2) is 32.7 Å². The van der Waals surface area contributed by atoms with Crippen molar-refractivity contribution < 1.29 is 9.84 Å². The minimum Gasteiger partial charge on any atom is -0.483 e. The molecule has 4 N–H and O–H groups in total. The highest BCUT2D eigenvalue weighted by molar-refractivity contribution is 5.51. The normalized spacial score (nSPS) is 11.2. The lowest BCUT2D eigenvalue weighted by atomic mass is 10.1. The molecule has 0 aliphatic rings. The van der Waals surface area contributed by atoms with E-state index in [9.17, 15) is 5.11 Å². The van der Waals surface area contributed by atoms with Crippen molar-refractivity contribution in [1.29, 1.82) is 0 Å². The molecule has 0 aliphatic carbocycles. The molecule has 0 fully saturated rings. The van der Waals surface area contributed by atoms with Crippen molar-refractivity contribution in [3.05, 3.63) is 36.3 Å². The van der Waals surface area contributed by atoms with E-state index in [1.807, 2.05) is 26.0 Å². The summed E-state index contributed by atoms with van der Waals surface area (Å²) in [5.41, 5.74) is 6.69. The van der Waals surface area contributed by atoms with Crippen LogP contribution in [0.3, 0.4) is 0 Å². The molecule has 0 bridgehead atoms. The van der Waals surface area contributed by atoms with Crippen molar-refractivity contribution in [1.82, 2.24) is 15.0 Å². The molecule has 0 spiro atoms. The monoisotopic (exact) mass is 347 g/mol. The van der Waals surface area contributed by atoms with Crippen molar-refractivity contribution in [3.63, 3.8) is 0 Å². The maximum Gasteiger partial charge on any atom is 0.222 e. The van der Waals surface area contributed by atoms with E-state index >= 15 is 0 Å². The van der Waals surface area contributed by atoms with Gasteiger partial charge in [-0.15, -0.1) is 0 Å². The second-order valence-corrected chi connectivity index (χ2v) is 5.23. The highest BCUT2D eigenvalue weighted by atomic mass is 16.5. The summed E-state index contributed by atoms with van der Waals surface area (Å²) in [6.07, 6.45) is 7.57. The van der Waals surface area contributed by atoms with E-state index in [1.165, 1.54) is 0 Å². The molecule has 0 saturated heterocycles. The summed E-state index contributed by atoms with van der Waals surface area (Å²) in [5.74, 6) is 1.27. The second kappa shape index (κ2) is 12.0. The average Bonchev–Trinajstić information content (AvgIpc) is 2.64. The van der Waals surface area contributed by atoms with Crippen LogP contribution in [0.4, 0.5) is 11.8 Å². The zero-order valence-corrected chi connectivity index (χ0v) is 15.3. The summed E-state index contributed by atoms with van der Waals surface area (Å²) in [4.78, 5) is 12.2. The molecule has 7 heteroatoms. The third-order valence-corrected chi connectivity index (χ3v) is 3.37. The lowest BCUT2D eigenvalue weighted by Gasteiger charge is -2.19. The van der Waals surface area contributed by atoms with Crippen LogP contribution in [0.25, 0.3) is 0 Å². The molecule has 1 unspecified atom stereocenters. The number of hydrogen-bond acceptors (Lipinski definition) is 7. The summed E-state index contributed by atoms with van der Waals surface area (Å²) in [7, 11) is 0. The van der Waals surface area contributed by atoms with Crippen LogP contribution >= 0.6 is 0 Å². The second-order valence-electron chi connectivity index (χ2n) is 5.23. The number of aromatic nitrogens is 3. The van der Waals surface area contributed by atoms with E-state index < -0.39 is 0 Å². The number of nitrogens with two attached hydrogens (primary N) is 1. The molecule has 2 aromatic rings. The first-order valence-electron chi connectivity index (χ1n) is 8.74. The Bertz CT molecular complexity index is 589. The topological polar surface area (TPSA) is 106 Å². The van der Waals surface area contributed by atoms with Gasteiger partial charge in [-0.05, 0) is 30.5 Å². The number of pyridine rings is 1. The van der Waals surface area contributed by atoms with Gasteiger partial charge in [0.05, 0.1) is 6.20 Å². The number of aliphatic hydroxyl groups excluding tert-OH is 1. The summed E-state index contributed by atoms with van der Waals surface area (Å²) in [6.45, 7) is 6.61. The first kappa shape index (κ1) is 20.6. The van der Waals surface area contributed by atoms with Crippen molar-refractivity contribution in [2.24, 2.45) is 0 Å². The fourth-order valence-electron chi connectivity index (χ4n) is 2.22. The Morgan fingerprint density at radius 1 is 1.24 bits per heavy atom. The number of nitrogen functional groups attached to an aromatic ring is 1. The molecule has 0 amide bonds. The molecule has 2 heterocycles. The number of aliphatic hydroxyl groups is 1.